The average Bonchev–Trinajstić information content (AvgIpc) is 3.25. The first kappa shape index (κ1) is 26.3. The molecule has 0 aliphatic heterocycles. The smallest absolute Gasteiger partial charge is 0.113 e. The summed E-state index contributed by atoms with van der Waals surface area (Å²) in [4.78, 5) is 5.07. The first-order chi connectivity index (χ1) is 16.8. The first-order valence-electron chi connectivity index (χ1n) is 14.0. The predicted octanol–water partition coefficient (Wildman–Crippen LogP) is 8.96. The zero-order valence-corrected chi connectivity index (χ0v) is 21.6. The first-order valence-corrected chi connectivity index (χ1v) is 14.0. The highest BCUT2D eigenvalue weighted by molar-refractivity contribution is 5.21. The van der Waals surface area contributed by atoms with Crippen LogP contribution in [-0.2, 0) is 25.8 Å². The normalized spacial score (nSPS) is 11.2. The second-order valence-electron chi connectivity index (χ2n) is 9.88. The van der Waals surface area contributed by atoms with Gasteiger partial charge in [0.1, 0.15) is 5.82 Å². The number of nitrogens with zero attached hydrogens (tertiary/aromatic N) is 2. The molecule has 0 spiro atoms. The molecule has 1 heterocycles. The minimum atomic E-state index is 0.928. The monoisotopic (exact) mass is 458 g/mol. The zero-order valence-electron chi connectivity index (χ0n) is 21.6. The summed E-state index contributed by atoms with van der Waals surface area (Å²) in [5.74, 6) is 1.23. The van der Waals surface area contributed by atoms with Crippen LogP contribution in [0.5, 0.6) is 0 Å². The lowest BCUT2D eigenvalue weighted by Gasteiger charge is -2.08. The topological polar surface area (TPSA) is 17.8 Å². The molecule has 3 aromatic rings. The van der Waals surface area contributed by atoms with Crippen molar-refractivity contribution in [3.63, 3.8) is 0 Å². The molecule has 0 unspecified atom stereocenters. The maximum atomic E-state index is 5.07. The number of hydrogen-bond donors (Lipinski definition) is 0. The van der Waals surface area contributed by atoms with Crippen LogP contribution in [0, 0.1) is 0 Å². The maximum Gasteiger partial charge on any atom is 0.113 e. The molecular weight excluding hydrogens is 412 g/mol. The molecular formula is C32H46N2. The van der Waals surface area contributed by atoms with E-state index in [9.17, 15) is 0 Å². The van der Waals surface area contributed by atoms with Crippen LogP contribution in [0.4, 0.5) is 0 Å². The molecule has 0 atom stereocenters. The van der Waals surface area contributed by atoms with E-state index < -0.39 is 0 Å². The Kier molecular flexibility index (Phi) is 12.6. The third kappa shape index (κ3) is 10.3. The Balaban J connectivity index is 1.42. The maximum absolute atomic E-state index is 5.07. The van der Waals surface area contributed by atoms with E-state index in [0.717, 1.165) is 32.2 Å². The van der Waals surface area contributed by atoms with Crippen LogP contribution in [-0.4, -0.2) is 9.55 Å². The van der Waals surface area contributed by atoms with Crippen LogP contribution in [0.15, 0.2) is 66.9 Å². The SMILES string of the molecule is CCCCCCCCCCCCCn1cc(CCCc2ccccc2)nc1Cc1ccccc1. The van der Waals surface area contributed by atoms with Gasteiger partial charge in [0.2, 0.25) is 0 Å². The van der Waals surface area contributed by atoms with Gasteiger partial charge in [0, 0.05) is 19.2 Å². The van der Waals surface area contributed by atoms with E-state index in [1.54, 1.807) is 0 Å². The van der Waals surface area contributed by atoms with Crippen LogP contribution in [0.25, 0.3) is 0 Å². The Morgan fingerprint density at radius 3 is 1.76 bits per heavy atom. The second kappa shape index (κ2) is 16.3. The van der Waals surface area contributed by atoms with Gasteiger partial charge in [0.15, 0.2) is 0 Å². The second-order valence-corrected chi connectivity index (χ2v) is 9.88. The Hall–Kier alpha value is -2.35. The number of benzene rings is 2. The molecule has 34 heavy (non-hydrogen) atoms. The lowest BCUT2D eigenvalue weighted by atomic mass is 10.1. The molecule has 0 N–H and O–H groups in total. The summed E-state index contributed by atoms with van der Waals surface area (Å²) in [7, 11) is 0. The van der Waals surface area contributed by atoms with Gasteiger partial charge >= 0.3 is 0 Å². The van der Waals surface area contributed by atoms with Crippen molar-refractivity contribution in [2.75, 3.05) is 0 Å². The summed E-state index contributed by atoms with van der Waals surface area (Å²) < 4.78 is 2.44. The number of rotatable bonds is 18. The van der Waals surface area contributed by atoms with Crippen molar-refractivity contribution in [1.29, 1.82) is 0 Å². The van der Waals surface area contributed by atoms with Gasteiger partial charge < -0.3 is 4.57 Å². The van der Waals surface area contributed by atoms with Crippen LogP contribution in [0.2, 0.25) is 0 Å². The van der Waals surface area contributed by atoms with E-state index >= 15 is 0 Å². The van der Waals surface area contributed by atoms with Gasteiger partial charge in [-0.3, -0.25) is 0 Å². The third-order valence-corrected chi connectivity index (χ3v) is 6.86. The van der Waals surface area contributed by atoms with Gasteiger partial charge in [-0.15, -0.1) is 0 Å². The van der Waals surface area contributed by atoms with Crippen LogP contribution in [0.3, 0.4) is 0 Å². The predicted molar refractivity (Wildman–Crippen MR) is 146 cm³/mol. The van der Waals surface area contributed by atoms with Gasteiger partial charge in [0.05, 0.1) is 5.69 Å². The molecule has 2 heteroatoms. The number of unbranched alkanes of at least 4 members (excludes halogenated alkanes) is 10. The number of aromatic nitrogens is 2. The molecule has 1 aromatic heterocycles. The van der Waals surface area contributed by atoms with E-state index in [2.05, 4.69) is 78.4 Å². The average molecular weight is 459 g/mol. The summed E-state index contributed by atoms with van der Waals surface area (Å²) >= 11 is 0. The molecule has 0 fully saturated rings. The summed E-state index contributed by atoms with van der Waals surface area (Å²) in [6.45, 7) is 3.39. The molecule has 2 nitrogen and oxygen atoms in total. The Bertz CT molecular complexity index is 882. The van der Waals surface area contributed by atoms with Crippen LogP contribution < -0.4 is 0 Å². The standard InChI is InChI=1S/C32H46N2/c1-2-3-4-5-6-7-8-9-10-11-18-26-34-28-31(25-19-24-29-20-14-12-15-21-29)33-32(34)27-30-22-16-13-17-23-30/h12-17,20-23,28H,2-11,18-19,24-27H2,1H3. The molecule has 184 valence electrons. The van der Waals surface area contributed by atoms with Crippen molar-refractivity contribution in [1.82, 2.24) is 9.55 Å². The Morgan fingerprint density at radius 2 is 1.15 bits per heavy atom. The van der Waals surface area contributed by atoms with Gasteiger partial charge in [-0.1, -0.05) is 132 Å². The van der Waals surface area contributed by atoms with Crippen molar-refractivity contribution in [2.45, 2.75) is 110 Å². The summed E-state index contributed by atoms with van der Waals surface area (Å²) in [6, 6.07) is 21.6. The summed E-state index contributed by atoms with van der Waals surface area (Å²) in [5, 5.41) is 0. The highest BCUT2D eigenvalue weighted by atomic mass is 15.1. The summed E-state index contributed by atoms with van der Waals surface area (Å²) in [5.41, 5.74) is 4.03. The highest BCUT2D eigenvalue weighted by Crippen LogP contribution is 2.16. The van der Waals surface area contributed by atoms with E-state index in [0.29, 0.717) is 0 Å². The number of imidazole rings is 1. The largest absolute Gasteiger partial charge is 0.334 e. The Labute approximate surface area is 208 Å². The van der Waals surface area contributed by atoms with Crippen molar-refractivity contribution in [2.24, 2.45) is 0 Å². The Morgan fingerprint density at radius 1 is 0.588 bits per heavy atom. The van der Waals surface area contributed by atoms with E-state index in [1.807, 2.05) is 0 Å². The molecule has 0 radical (unpaired) electrons. The van der Waals surface area contributed by atoms with Gasteiger partial charge in [-0.05, 0) is 36.8 Å². The molecule has 0 bridgehead atoms. The molecule has 0 aliphatic carbocycles. The van der Waals surface area contributed by atoms with Gasteiger partial charge in [-0.25, -0.2) is 4.98 Å². The molecule has 0 saturated carbocycles. The fraction of sp³-hybridized carbons (Fsp3) is 0.531. The van der Waals surface area contributed by atoms with Crippen molar-refractivity contribution in [3.8, 4) is 0 Å². The molecule has 0 saturated heterocycles. The van der Waals surface area contributed by atoms with Gasteiger partial charge in [-0.2, -0.15) is 0 Å². The van der Waals surface area contributed by atoms with E-state index in [-0.39, 0.29) is 0 Å². The minimum absolute atomic E-state index is 0.928. The number of hydrogen-bond acceptors (Lipinski definition) is 1. The van der Waals surface area contributed by atoms with Crippen molar-refractivity contribution < 1.29 is 0 Å². The fourth-order valence-corrected chi connectivity index (χ4v) is 4.81. The van der Waals surface area contributed by atoms with E-state index in [4.69, 9.17) is 4.98 Å². The lowest BCUT2D eigenvalue weighted by molar-refractivity contribution is 0.526. The quantitative estimate of drug-likeness (QED) is 0.174. The van der Waals surface area contributed by atoms with Crippen LogP contribution >= 0.6 is 0 Å². The van der Waals surface area contributed by atoms with E-state index in [1.165, 1.54) is 93.3 Å². The molecule has 2 aromatic carbocycles. The summed E-state index contributed by atoms with van der Waals surface area (Å²) in [6.07, 6.45) is 21.9. The fourth-order valence-electron chi connectivity index (χ4n) is 4.81. The molecule has 0 aliphatic rings. The van der Waals surface area contributed by atoms with Crippen molar-refractivity contribution >= 4 is 0 Å². The van der Waals surface area contributed by atoms with Gasteiger partial charge in [0.25, 0.3) is 0 Å². The van der Waals surface area contributed by atoms with Crippen LogP contribution in [0.1, 0.15) is 107 Å². The minimum Gasteiger partial charge on any atom is -0.334 e. The third-order valence-electron chi connectivity index (χ3n) is 6.86. The van der Waals surface area contributed by atoms with Crippen molar-refractivity contribution in [3.05, 3.63) is 89.5 Å². The molecule has 0 amide bonds. The molecule has 3 rings (SSSR count). The number of aryl methyl sites for hydroxylation is 3. The lowest BCUT2D eigenvalue weighted by Crippen LogP contribution is -2.04. The highest BCUT2D eigenvalue weighted by Gasteiger charge is 2.09. The zero-order chi connectivity index (χ0) is 23.7.